The molecule has 0 heterocycles. The van der Waals surface area contributed by atoms with E-state index in [-0.39, 0.29) is 10.8 Å². The van der Waals surface area contributed by atoms with Gasteiger partial charge in [-0.3, -0.25) is 0 Å². The molecule has 8 rings (SSSR count). The third kappa shape index (κ3) is 5.92. The lowest BCUT2D eigenvalue weighted by molar-refractivity contribution is 0.435. The molecule has 0 radical (unpaired) electrons. The van der Waals surface area contributed by atoms with Gasteiger partial charge in [0.2, 0.25) is 6.08 Å². The van der Waals surface area contributed by atoms with Crippen molar-refractivity contribution in [2.45, 2.75) is 117 Å². The molecule has 0 bridgehead atoms. The molecule has 0 atom stereocenters. The fourth-order valence-electron chi connectivity index (χ4n) is 9.92. The molecule has 0 N–H and O–H groups in total. The Kier molecular flexibility index (Phi) is 9.75. The number of hydrogen-bond acceptors (Lipinski definition) is 2. The van der Waals surface area contributed by atoms with Gasteiger partial charge in [0, 0.05) is 10.8 Å². The van der Waals surface area contributed by atoms with Crippen LogP contribution in [0.15, 0.2) is 96.0 Å². The first-order valence-electron chi connectivity index (χ1n) is 19.5. The van der Waals surface area contributed by atoms with Crippen molar-refractivity contribution in [3.8, 4) is 33.4 Å². The molecular formula is C49H53NO. The van der Waals surface area contributed by atoms with E-state index in [1.165, 1.54) is 94.2 Å². The maximum absolute atomic E-state index is 10.7. The standard InChI is InChI=1S/C28H30.C21H23NO/c1-4-14-28(15-5-2)26-16-19(3)6-12-24(26)25-13-11-23(18-27(25)28)22-10-8-20-7-9-21(20)17-22;1-4-10-21(11-5-2)19-12-15(3)6-8-17(19)18-9-7-16(22-14-23)13-20(18)21/h6,8,10-13,16-18H,4-5,7,9,14-15H2,1-3H3;6-9,12-13H,4-5,10-11H2,1-3H3. The van der Waals surface area contributed by atoms with Crippen molar-refractivity contribution in [1.82, 2.24) is 0 Å². The van der Waals surface area contributed by atoms with Crippen LogP contribution in [-0.2, 0) is 28.5 Å². The van der Waals surface area contributed by atoms with Crippen LogP contribution < -0.4 is 0 Å². The molecule has 0 saturated carbocycles. The number of benzene rings is 5. The van der Waals surface area contributed by atoms with Gasteiger partial charge in [-0.05, 0) is 137 Å². The van der Waals surface area contributed by atoms with Crippen molar-refractivity contribution in [2.75, 3.05) is 0 Å². The van der Waals surface area contributed by atoms with Crippen LogP contribution in [0.5, 0.6) is 0 Å². The summed E-state index contributed by atoms with van der Waals surface area (Å²) >= 11 is 0. The van der Waals surface area contributed by atoms with Crippen molar-refractivity contribution < 1.29 is 4.79 Å². The summed E-state index contributed by atoms with van der Waals surface area (Å²) in [6.45, 7) is 13.6. The summed E-state index contributed by atoms with van der Waals surface area (Å²) < 4.78 is 0. The second-order valence-corrected chi connectivity index (χ2v) is 15.4. The molecule has 5 aromatic carbocycles. The molecule has 0 saturated heterocycles. The third-order valence-electron chi connectivity index (χ3n) is 12.1. The Labute approximate surface area is 306 Å². The van der Waals surface area contributed by atoms with Crippen molar-refractivity contribution in [3.05, 3.63) is 136 Å². The van der Waals surface area contributed by atoms with Crippen molar-refractivity contribution in [3.63, 3.8) is 0 Å². The van der Waals surface area contributed by atoms with Gasteiger partial charge >= 0.3 is 0 Å². The topological polar surface area (TPSA) is 29.4 Å². The summed E-state index contributed by atoms with van der Waals surface area (Å²) in [5, 5.41) is 0. The second-order valence-electron chi connectivity index (χ2n) is 15.4. The lowest BCUT2D eigenvalue weighted by atomic mass is 9.71. The fraction of sp³-hybridized carbons (Fsp3) is 0.367. The van der Waals surface area contributed by atoms with Crippen LogP contribution in [-0.4, -0.2) is 6.08 Å². The highest BCUT2D eigenvalue weighted by atomic mass is 16.1. The predicted octanol–water partition coefficient (Wildman–Crippen LogP) is 13.5. The van der Waals surface area contributed by atoms with E-state index in [9.17, 15) is 4.79 Å². The molecule has 2 heteroatoms. The summed E-state index contributed by atoms with van der Waals surface area (Å²) in [6, 6.07) is 34.4. The number of hydrogen-bond donors (Lipinski definition) is 0. The first-order valence-corrected chi connectivity index (χ1v) is 19.5. The Morgan fingerprint density at radius 2 is 0.941 bits per heavy atom. The Hall–Kier alpha value is -4.52. The molecule has 3 aliphatic rings. The summed E-state index contributed by atoms with van der Waals surface area (Å²) in [7, 11) is 0. The van der Waals surface area contributed by atoms with Gasteiger partial charge in [0.1, 0.15) is 0 Å². The second kappa shape index (κ2) is 14.2. The summed E-state index contributed by atoms with van der Waals surface area (Å²) in [6.07, 6.45) is 13.6. The molecule has 0 spiro atoms. The third-order valence-corrected chi connectivity index (χ3v) is 12.1. The molecule has 0 aromatic heterocycles. The lowest BCUT2D eigenvalue weighted by Crippen LogP contribution is -2.25. The zero-order valence-electron chi connectivity index (χ0n) is 31.6. The van der Waals surface area contributed by atoms with E-state index >= 15 is 0 Å². The Morgan fingerprint density at radius 1 is 0.510 bits per heavy atom. The predicted molar refractivity (Wildman–Crippen MR) is 215 cm³/mol. The minimum atomic E-state index is 0.0502. The Bertz CT molecular complexity index is 2130. The van der Waals surface area contributed by atoms with E-state index in [1.807, 2.05) is 6.07 Å². The number of nitrogens with zero attached hydrogens (tertiary/aromatic N) is 1. The van der Waals surface area contributed by atoms with Gasteiger partial charge in [0.25, 0.3) is 0 Å². The summed E-state index contributed by atoms with van der Waals surface area (Å²) in [5.41, 5.74) is 21.0. The zero-order valence-corrected chi connectivity index (χ0v) is 31.6. The van der Waals surface area contributed by atoms with E-state index in [4.69, 9.17) is 0 Å². The molecule has 0 fully saturated rings. The highest BCUT2D eigenvalue weighted by molar-refractivity contribution is 5.85. The van der Waals surface area contributed by atoms with Crippen molar-refractivity contribution >= 4 is 11.8 Å². The lowest BCUT2D eigenvalue weighted by Gasteiger charge is -2.32. The van der Waals surface area contributed by atoms with Gasteiger partial charge in [-0.15, -0.1) is 0 Å². The molecule has 260 valence electrons. The van der Waals surface area contributed by atoms with E-state index in [1.54, 1.807) is 28.3 Å². The van der Waals surface area contributed by atoms with Gasteiger partial charge in [0.05, 0.1) is 5.69 Å². The van der Waals surface area contributed by atoms with Crippen LogP contribution in [0.25, 0.3) is 33.4 Å². The van der Waals surface area contributed by atoms with Gasteiger partial charge in [0.15, 0.2) is 0 Å². The SMILES string of the molecule is CCCC1(CCC)c2cc(C)ccc2-c2ccc(-c3ccc4c(c3)CC4)cc21.CCCC1(CCC)c2cc(C)ccc2-c2ccc(N=C=O)cc21. The Balaban J connectivity index is 0.000000163. The monoisotopic (exact) mass is 671 g/mol. The van der Waals surface area contributed by atoms with Crippen LogP contribution >= 0.6 is 0 Å². The number of aryl methyl sites for hydroxylation is 4. The van der Waals surface area contributed by atoms with Gasteiger partial charge < -0.3 is 0 Å². The normalized spacial score (nSPS) is 14.9. The average Bonchev–Trinajstić information content (AvgIpc) is 3.52. The molecule has 5 aromatic rings. The number of carbonyl (C=O) groups excluding carboxylic acids is 1. The number of aliphatic imine (C=N–C) groups is 1. The first kappa shape index (κ1) is 34.9. The van der Waals surface area contributed by atoms with Crippen molar-refractivity contribution in [2.24, 2.45) is 4.99 Å². The van der Waals surface area contributed by atoms with E-state index < -0.39 is 0 Å². The van der Waals surface area contributed by atoms with Crippen molar-refractivity contribution in [1.29, 1.82) is 0 Å². The highest BCUT2D eigenvalue weighted by Crippen LogP contribution is 2.56. The van der Waals surface area contributed by atoms with Gasteiger partial charge in [-0.2, -0.15) is 4.99 Å². The van der Waals surface area contributed by atoms with Crippen LogP contribution in [0.2, 0.25) is 0 Å². The fourth-order valence-corrected chi connectivity index (χ4v) is 9.92. The molecule has 51 heavy (non-hydrogen) atoms. The maximum atomic E-state index is 10.7. The van der Waals surface area contributed by atoms with Crippen LogP contribution in [0, 0.1) is 13.8 Å². The number of isocyanates is 1. The minimum absolute atomic E-state index is 0.0502. The number of rotatable bonds is 10. The molecule has 0 aliphatic heterocycles. The molecule has 3 aliphatic carbocycles. The van der Waals surface area contributed by atoms with Gasteiger partial charge in [-0.25, -0.2) is 4.79 Å². The smallest absolute Gasteiger partial charge is 0.211 e. The molecular weight excluding hydrogens is 619 g/mol. The quantitative estimate of drug-likeness (QED) is 0.107. The molecule has 2 nitrogen and oxygen atoms in total. The largest absolute Gasteiger partial charge is 0.240 e. The zero-order chi connectivity index (χ0) is 35.8. The van der Waals surface area contributed by atoms with Gasteiger partial charge in [-0.1, -0.05) is 137 Å². The van der Waals surface area contributed by atoms with Crippen LogP contribution in [0.3, 0.4) is 0 Å². The number of fused-ring (bicyclic) bond motifs is 7. The highest BCUT2D eigenvalue weighted by Gasteiger charge is 2.43. The molecule has 0 unspecified atom stereocenters. The summed E-state index contributed by atoms with van der Waals surface area (Å²) in [5.74, 6) is 0. The molecule has 0 amide bonds. The van der Waals surface area contributed by atoms with Crippen LogP contribution in [0.4, 0.5) is 5.69 Å². The minimum Gasteiger partial charge on any atom is -0.211 e. The Morgan fingerprint density at radius 3 is 1.41 bits per heavy atom. The van der Waals surface area contributed by atoms with E-state index in [0.29, 0.717) is 5.69 Å². The van der Waals surface area contributed by atoms with E-state index in [2.05, 4.69) is 131 Å². The first-order chi connectivity index (χ1) is 24.8. The summed E-state index contributed by atoms with van der Waals surface area (Å²) in [4.78, 5) is 14.5. The van der Waals surface area contributed by atoms with Crippen LogP contribution in [0.1, 0.15) is 124 Å². The maximum Gasteiger partial charge on any atom is 0.240 e. The average molecular weight is 672 g/mol. The van der Waals surface area contributed by atoms with E-state index in [0.717, 1.165) is 25.7 Å².